The second-order valence-electron chi connectivity index (χ2n) is 3.22. The van der Waals surface area contributed by atoms with E-state index in [1.807, 2.05) is 13.8 Å². The van der Waals surface area contributed by atoms with Crippen LogP contribution in [-0.2, 0) is 19.1 Å². The second kappa shape index (κ2) is 7.91. The van der Waals surface area contributed by atoms with Gasteiger partial charge in [-0.15, -0.1) is 0 Å². The molecule has 4 heteroatoms. The van der Waals surface area contributed by atoms with Gasteiger partial charge in [-0.05, 0) is 19.3 Å². The van der Waals surface area contributed by atoms with Gasteiger partial charge in [-0.3, -0.25) is 4.79 Å². The number of esters is 2. The Bertz CT molecular complexity index is 268. The van der Waals surface area contributed by atoms with Gasteiger partial charge in [-0.2, -0.15) is 0 Å². The van der Waals surface area contributed by atoms with E-state index in [1.54, 1.807) is 6.08 Å². The number of hydrogen-bond acceptors (Lipinski definition) is 4. The summed E-state index contributed by atoms with van der Waals surface area (Å²) in [4.78, 5) is 22.3. The SMILES string of the molecule is CC.COC(=O)C1=CCC(C(=O)OC)CC1. The van der Waals surface area contributed by atoms with Gasteiger partial charge in [-0.25, -0.2) is 4.79 Å². The van der Waals surface area contributed by atoms with Crippen LogP contribution in [0.25, 0.3) is 0 Å². The van der Waals surface area contributed by atoms with Crippen molar-refractivity contribution in [3.05, 3.63) is 11.6 Å². The van der Waals surface area contributed by atoms with Gasteiger partial charge in [0.25, 0.3) is 0 Å². The third kappa shape index (κ3) is 4.04. The molecule has 0 saturated carbocycles. The summed E-state index contributed by atoms with van der Waals surface area (Å²) in [5.41, 5.74) is 0.660. The number of carbonyl (C=O) groups excluding carboxylic acids is 2. The van der Waals surface area contributed by atoms with E-state index in [0.717, 1.165) is 0 Å². The minimum atomic E-state index is -0.298. The van der Waals surface area contributed by atoms with Crippen LogP contribution in [0.3, 0.4) is 0 Å². The third-order valence-corrected chi connectivity index (χ3v) is 2.39. The molecule has 1 aliphatic rings. The Morgan fingerprint density at radius 3 is 2.25 bits per heavy atom. The highest BCUT2D eigenvalue weighted by Gasteiger charge is 2.24. The lowest BCUT2D eigenvalue weighted by molar-refractivity contribution is -0.146. The van der Waals surface area contributed by atoms with E-state index < -0.39 is 0 Å². The maximum Gasteiger partial charge on any atom is 0.333 e. The van der Waals surface area contributed by atoms with Crippen LogP contribution < -0.4 is 0 Å². The highest BCUT2D eigenvalue weighted by Crippen LogP contribution is 2.24. The van der Waals surface area contributed by atoms with Crippen molar-refractivity contribution in [1.29, 1.82) is 0 Å². The van der Waals surface area contributed by atoms with Crippen molar-refractivity contribution >= 4 is 11.9 Å². The fraction of sp³-hybridized carbons (Fsp3) is 0.667. The quantitative estimate of drug-likeness (QED) is 0.679. The predicted octanol–water partition coefficient (Wildman–Crippen LogP) is 2.09. The van der Waals surface area contributed by atoms with Crippen LogP contribution in [-0.4, -0.2) is 26.2 Å². The van der Waals surface area contributed by atoms with Crippen molar-refractivity contribution < 1.29 is 19.1 Å². The molecule has 0 spiro atoms. The Balaban J connectivity index is 0.00000106. The Morgan fingerprint density at radius 2 is 1.88 bits per heavy atom. The molecule has 16 heavy (non-hydrogen) atoms. The van der Waals surface area contributed by atoms with Crippen LogP contribution in [0.5, 0.6) is 0 Å². The highest BCUT2D eigenvalue weighted by atomic mass is 16.5. The molecule has 1 unspecified atom stereocenters. The zero-order valence-electron chi connectivity index (χ0n) is 10.4. The number of methoxy groups -OCH3 is 2. The molecule has 0 radical (unpaired) electrons. The van der Waals surface area contributed by atoms with Gasteiger partial charge in [0.2, 0.25) is 0 Å². The number of hydrogen-bond donors (Lipinski definition) is 0. The summed E-state index contributed by atoms with van der Waals surface area (Å²) in [6, 6.07) is 0. The van der Waals surface area contributed by atoms with Gasteiger partial charge in [0, 0.05) is 5.57 Å². The lowest BCUT2D eigenvalue weighted by Gasteiger charge is -2.18. The number of allylic oxidation sites excluding steroid dienone is 1. The zero-order chi connectivity index (χ0) is 12.6. The minimum absolute atomic E-state index is 0.103. The monoisotopic (exact) mass is 228 g/mol. The van der Waals surface area contributed by atoms with E-state index in [4.69, 9.17) is 0 Å². The van der Waals surface area contributed by atoms with Crippen LogP contribution in [0.1, 0.15) is 33.1 Å². The van der Waals surface area contributed by atoms with Crippen LogP contribution in [0, 0.1) is 5.92 Å². The maximum absolute atomic E-state index is 11.1. The largest absolute Gasteiger partial charge is 0.469 e. The fourth-order valence-electron chi connectivity index (χ4n) is 1.53. The maximum atomic E-state index is 11.1. The minimum Gasteiger partial charge on any atom is -0.469 e. The first-order valence-electron chi connectivity index (χ1n) is 5.54. The lowest BCUT2D eigenvalue weighted by atomic mass is 9.90. The second-order valence-corrected chi connectivity index (χ2v) is 3.22. The van der Waals surface area contributed by atoms with Crippen molar-refractivity contribution in [3.8, 4) is 0 Å². The third-order valence-electron chi connectivity index (χ3n) is 2.39. The van der Waals surface area contributed by atoms with Gasteiger partial charge in [0.1, 0.15) is 0 Å². The first-order valence-corrected chi connectivity index (χ1v) is 5.54. The Hall–Kier alpha value is -1.32. The average molecular weight is 228 g/mol. The van der Waals surface area contributed by atoms with E-state index in [2.05, 4.69) is 9.47 Å². The molecule has 1 rings (SSSR count). The number of ether oxygens (including phenoxy) is 2. The standard InChI is InChI=1S/C10H14O4.C2H6/c1-13-9(11)7-3-5-8(6-4-7)10(12)14-2;1-2/h3,8H,4-6H2,1-2H3;1-2H3. The van der Waals surface area contributed by atoms with E-state index in [9.17, 15) is 9.59 Å². The molecule has 0 aromatic heterocycles. The normalized spacial score (nSPS) is 18.8. The smallest absolute Gasteiger partial charge is 0.333 e. The van der Waals surface area contributed by atoms with Crippen molar-refractivity contribution in [2.24, 2.45) is 5.92 Å². The molecule has 1 atom stereocenters. The van der Waals surface area contributed by atoms with Crippen molar-refractivity contribution in [1.82, 2.24) is 0 Å². The van der Waals surface area contributed by atoms with E-state index in [-0.39, 0.29) is 17.9 Å². The van der Waals surface area contributed by atoms with Crippen molar-refractivity contribution in [3.63, 3.8) is 0 Å². The van der Waals surface area contributed by atoms with Gasteiger partial charge in [-0.1, -0.05) is 19.9 Å². The molecule has 92 valence electrons. The zero-order valence-corrected chi connectivity index (χ0v) is 10.4. The summed E-state index contributed by atoms with van der Waals surface area (Å²) in [5.74, 6) is -0.605. The Labute approximate surface area is 96.6 Å². The van der Waals surface area contributed by atoms with Crippen LogP contribution in [0.4, 0.5) is 0 Å². The summed E-state index contributed by atoms with van der Waals surface area (Å²) >= 11 is 0. The molecule has 0 aromatic rings. The molecular weight excluding hydrogens is 208 g/mol. The number of carbonyl (C=O) groups is 2. The summed E-state index contributed by atoms with van der Waals surface area (Å²) < 4.78 is 9.22. The molecule has 0 N–H and O–H groups in total. The average Bonchev–Trinajstić information content (AvgIpc) is 2.39. The van der Waals surface area contributed by atoms with E-state index in [1.165, 1.54) is 14.2 Å². The molecule has 0 saturated heterocycles. The Morgan fingerprint density at radius 1 is 1.25 bits per heavy atom. The molecule has 0 aliphatic heterocycles. The summed E-state index contributed by atoms with van der Waals surface area (Å²) in [6.45, 7) is 4.00. The summed E-state index contributed by atoms with van der Waals surface area (Å²) in [5, 5.41) is 0. The van der Waals surface area contributed by atoms with Gasteiger partial charge < -0.3 is 9.47 Å². The molecule has 0 amide bonds. The molecule has 0 aromatic carbocycles. The van der Waals surface area contributed by atoms with Gasteiger partial charge in [0.05, 0.1) is 20.1 Å². The molecule has 0 bridgehead atoms. The molecule has 1 aliphatic carbocycles. The van der Waals surface area contributed by atoms with Crippen LogP contribution in [0.15, 0.2) is 11.6 Å². The highest BCUT2D eigenvalue weighted by molar-refractivity contribution is 5.88. The molecule has 4 nitrogen and oxygen atoms in total. The Kier molecular flexibility index (Phi) is 7.25. The number of rotatable bonds is 2. The van der Waals surface area contributed by atoms with Crippen molar-refractivity contribution in [2.45, 2.75) is 33.1 Å². The van der Waals surface area contributed by atoms with E-state index in [0.29, 0.717) is 24.8 Å². The topological polar surface area (TPSA) is 52.6 Å². The first kappa shape index (κ1) is 14.7. The fourth-order valence-corrected chi connectivity index (χ4v) is 1.53. The molecule has 0 fully saturated rings. The van der Waals surface area contributed by atoms with Crippen LogP contribution in [0.2, 0.25) is 0 Å². The summed E-state index contributed by atoms with van der Waals surface area (Å²) in [6.07, 6.45) is 3.58. The predicted molar refractivity (Wildman–Crippen MR) is 60.8 cm³/mol. The van der Waals surface area contributed by atoms with Gasteiger partial charge in [0.15, 0.2) is 0 Å². The van der Waals surface area contributed by atoms with Crippen molar-refractivity contribution in [2.75, 3.05) is 14.2 Å². The first-order chi connectivity index (χ1) is 7.69. The summed E-state index contributed by atoms with van der Waals surface area (Å²) in [7, 11) is 2.73. The lowest BCUT2D eigenvalue weighted by Crippen LogP contribution is -2.20. The molecular formula is C12H20O4. The molecule has 0 heterocycles. The van der Waals surface area contributed by atoms with Gasteiger partial charge >= 0.3 is 11.9 Å². The van der Waals surface area contributed by atoms with E-state index >= 15 is 0 Å². The van der Waals surface area contributed by atoms with Crippen LogP contribution >= 0.6 is 0 Å².